The van der Waals surface area contributed by atoms with Crippen LogP contribution in [0.15, 0.2) is 18.3 Å². The largest absolute Gasteiger partial charge is 0.453 e. The number of H-pyrrole nitrogens is 1. The first-order valence-electron chi connectivity index (χ1n) is 7.59. The highest BCUT2D eigenvalue weighted by molar-refractivity contribution is 5.73. The van der Waals surface area contributed by atoms with Gasteiger partial charge >= 0.3 is 0 Å². The zero-order valence-corrected chi connectivity index (χ0v) is 13.1. The smallest absolute Gasteiger partial charge is 0.231 e. The molecule has 0 spiro atoms. The second kappa shape index (κ2) is 5.43. The summed E-state index contributed by atoms with van der Waals surface area (Å²) in [6, 6.07) is 4.25. The van der Waals surface area contributed by atoms with E-state index in [0.29, 0.717) is 18.6 Å². The Hall–Kier alpha value is -1.97. The highest BCUT2D eigenvalue weighted by Crippen LogP contribution is 2.46. The molecule has 0 aliphatic carbocycles. The number of nitrogens with zero attached hydrogens (tertiary/aromatic N) is 1. The Balaban J connectivity index is 2.06. The fourth-order valence-electron chi connectivity index (χ4n) is 2.60. The van der Waals surface area contributed by atoms with Gasteiger partial charge in [-0.3, -0.25) is 0 Å². The zero-order valence-electron chi connectivity index (χ0n) is 13.1. The number of imidazole rings is 1. The summed E-state index contributed by atoms with van der Waals surface area (Å²) in [6.07, 6.45) is 2.95. The number of ether oxygens (including phenoxy) is 2. The van der Waals surface area contributed by atoms with Crippen LogP contribution < -0.4 is 9.47 Å². The van der Waals surface area contributed by atoms with Gasteiger partial charge in [0, 0.05) is 17.0 Å². The number of aromatic nitrogens is 2. The summed E-state index contributed by atoms with van der Waals surface area (Å²) in [5, 5.41) is 0. The molecule has 1 aromatic heterocycles. The molecular formula is C17H22N2O2. The van der Waals surface area contributed by atoms with Crippen molar-refractivity contribution in [1.29, 1.82) is 0 Å². The molecule has 1 aliphatic heterocycles. The number of fused-ring (bicyclic) bond motifs is 1. The van der Waals surface area contributed by atoms with Crippen molar-refractivity contribution in [2.45, 2.75) is 46.0 Å². The van der Waals surface area contributed by atoms with Crippen LogP contribution in [0.2, 0.25) is 0 Å². The Labute approximate surface area is 125 Å². The van der Waals surface area contributed by atoms with Gasteiger partial charge in [0.05, 0.1) is 11.9 Å². The number of rotatable bonds is 4. The van der Waals surface area contributed by atoms with E-state index in [9.17, 15) is 0 Å². The number of hydrogen-bond acceptors (Lipinski definition) is 3. The van der Waals surface area contributed by atoms with Crippen LogP contribution in [0.1, 0.15) is 57.3 Å². The van der Waals surface area contributed by atoms with Crippen LogP contribution in [0.3, 0.4) is 0 Å². The van der Waals surface area contributed by atoms with Crippen LogP contribution in [-0.4, -0.2) is 16.8 Å². The Bertz CT molecular complexity index is 646. The normalized spacial score (nSPS) is 14.7. The van der Waals surface area contributed by atoms with Crippen molar-refractivity contribution in [3.05, 3.63) is 29.7 Å². The molecular weight excluding hydrogens is 264 g/mol. The summed E-state index contributed by atoms with van der Waals surface area (Å²) in [6.45, 7) is 8.94. The molecule has 0 bridgehead atoms. The van der Waals surface area contributed by atoms with Crippen molar-refractivity contribution < 1.29 is 9.47 Å². The summed E-state index contributed by atoms with van der Waals surface area (Å²) >= 11 is 0. The van der Waals surface area contributed by atoms with Crippen LogP contribution in [0.25, 0.3) is 11.3 Å². The second-order valence-electron chi connectivity index (χ2n) is 5.91. The molecule has 1 atom stereocenters. The number of benzene rings is 1. The van der Waals surface area contributed by atoms with Gasteiger partial charge in [0.2, 0.25) is 6.79 Å². The van der Waals surface area contributed by atoms with Gasteiger partial charge in [-0.2, -0.15) is 0 Å². The molecule has 1 unspecified atom stereocenters. The summed E-state index contributed by atoms with van der Waals surface area (Å²) in [7, 11) is 0. The lowest BCUT2D eigenvalue weighted by Gasteiger charge is -2.13. The van der Waals surface area contributed by atoms with E-state index in [1.54, 1.807) is 0 Å². The summed E-state index contributed by atoms with van der Waals surface area (Å²) in [4.78, 5) is 7.81. The highest BCUT2D eigenvalue weighted by atomic mass is 16.7. The highest BCUT2D eigenvalue weighted by Gasteiger charge is 2.25. The Morgan fingerprint density at radius 1 is 1.19 bits per heavy atom. The quantitative estimate of drug-likeness (QED) is 0.903. The van der Waals surface area contributed by atoms with Crippen molar-refractivity contribution in [3.8, 4) is 22.8 Å². The predicted molar refractivity (Wildman–Crippen MR) is 82.9 cm³/mol. The van der Waals surface area contributed by atoms with Gasteiger partial charge in [-0.15, -0.1) is 0 Å². The summed E-state index contributed by atoms with van der Waals surface area (Å²) in [5.74, 6) is 3.56. The van der Waals surface area contributed by atoms with Gasteiger partial charge in [-0.05, 0) is 18.4 Å². The van der Waals surface area contributed by atoms with E-state index >= 15 is 0 Å². The molecule has 1 aromatic carbocycles. The van der Waals surface area contributed by atoms with E-state index < -0.39 is 0 Å². The third-order valence-corrected chi connectivity index (χ3v) is 4.12. The third-order valence-electron chi connectivity index (χ3n) is 4.12. The molecule has 4 nitrogen and oxygen atoms in total. The molecule has 1 N–H and O–H groups in total. The third kappa shape index (κ3) is 2.39. The fourth-order valence-corrected chi connectivity index (χ4v) is 2.60. The topological polar surface area (TPSA) is 47.1 Å². The first-order chi connectivity index (χ1) is 10.1. The molecule has 2 heterocycles. The van der Waals surface area contributed by atoms with Crippen molar-refractivity contribution in [2.24, 2.45) is 0 Å². The van der Waals surface area contributed by atoms with E-state index in [1.807, 2.05) is 6.20 Å². The molecule has 0 saturated carbocycles. The van der Waals surface area contributed by atoms with Gasteiger partial charge in [-0.25, -0.2) is 4.98 Å². The molecule has 0 radical (unpaired) electrons. The molecule has 3 rings (SSSR count). The van der Waals surface area contributed by atoms with Gasteiger partial charge < -0.3 is 14.5 Å². The molecule has 0 saturated heterocycles. The van der Waals surface area contributed by atoms with Crippen LogP contribution in [0, 0.1) is 0 Å². The minimum absolute atomic E-state index is 0.293. The van der Waals surface area contributed by atoms with E-state index in [-0.39, 0.29) is 0 Å². The van der Waals surface area contributed by atoms with Crippen molar-refractivity contribution in [2.75, 3.05) is 6.79 Å². The van der Waals surface area contributed by atoms with E-state index in [1.165, 1.54) is 5.56 Å². The van der Waals surface area contributed by atoms with Crippen LogP contribution in [0.4, 0.5) is 0 Å². The zero-order chi connectivity index (χ0) is 15.0. The lowest BCUT2D eigenvalue weighted by molar-refractivity contribution is 0.173. The van der Waals surface area contributed by atoms with Crippen molar-refractivity contribution in [3.63, 3.8) is 0 Å². The first-order valence-corrected chi connectivity index (χ1v) is 7.59. The minimum atomic E-state index is 0.293. The van der Waals surface area contributed by atoms with Crippen LogP contribution >= 0.6 is 0 Å². The van der Waals surface area contributed by atoms with Gasteiger partial charge in [-0.1, -0.05) is 33.8 Å². The average Bonchev–Trinajstić information content (AvgIpc) is 3.14. The Kier molecular flexibility index (Phi) is 3.62. The second-order valence-corrected chi connectivity index (χ2v) is 5.91. The van der Waals surface area contributed by atoms with Gasteiger partial charge in [0.25, 0.3) is 0 Å². The van der Waals surface area contributed by atoms with Crippen molar-refractivity contribution in [1.82, 2.24) is 9.97 Å². The minimum Gasteiger partial charge on any atom is -0.453 e. The van der Waals surface area contributed by atoms with Gasteiger partial charge in [0.1, 0.15) is 5.82 Å². The Morgan fingerprint density at radius 3 is 2.62 bits per heavy atom. The first kappa shape index (κ1) is 14.0. The molecule has 0 fully saturated rings. The molecule has 112 valence electrons. The van der Waals surface area contributed by atoms with E-state index in [4.69, 9.17) is 9.47 Å². The monoisotopic (exact) mass is 286 g/mol. The molecule has 0 amide bonds. The molecule has 2 aromatic rings. The maximum absolute atomic E-state index is 5.72. The van der Waals surface area contributed by atoms with Gasteiger partial charge in [0.15, 0.2) is 11.5 Å². The molecule has 4 heteroatoms. The Morgan fingerprint density at radius 2 is 1.95 bits per heavy atom. The maximum atomic E-state index is 5.72. The number of hydrogen-bond donors (Lipinski definition) is 1. The fraction of sp³-hybridized carbons (Fsp3) is 0.471. The standard InChI is InChI=1S/C17H22N2O2/c1-5-11(4)12-6-7-13(16-15(12)20-9-21-16)14-8-18-17(19-14)10(2)3/h6-8,10-11H,5,9H2,1-4H3,(H,18,19). The molecule has 1 aliphatic rings. The van der Waals surface area contributed by atoms with E-state index in [0.717, 1.165) is 35.0 Å². The van der Waals surface area contributed by atoms with Crippen LogP contribution in [0.5, 0.6) is 11.5 Å². The van der Waals surface area contributed by atoms with Crippen molar-refractivity contribution >= 4 is 0 Å². The lowest BCUT2D eigenvalue weighted by atomic mass is 9.95. The number of nitrogens with one attached hydrogen (secondary N) is 1. The lowest BCUT2D eigenvalue weighted by Crippen LogP contribution is -1.96. The molecule has 21 heavy (non-hydrogen) atoms. The average molecular weight is 286 g/mol. The van der Waals surface area contributed by atoms with E-state index in [2.05, 4.69) is 49.8 Å². The number of aromatic amines is 1. The summed E-state index contributed by atoms with van der Waals surface area (Å²) < 4.78 is 11.4. The predicted octanol–water partition coefficient (Wildman–Crippen LogP) is 4.44. The maximum Gasteiger partial charge on any atom is 0.231 e. The van der Waals surface area contributed by atoms with Crippen LogP contribution in [-0.2, 0) is 0 Å². The SMILES string of the molecule is CCC(C)c1ccc(-c2cnc(C(C)C)[nH]2)c2c1OCO2. The summed E-state index contributed by atoms with van der Waals surface area (Å²) in [5.41, 5.74) is 3.22.